The summed E-state index contributed by atoms with van der Waals surface area (Å²) in [6.45, 7) is 5.06. The number of amides is 1. The van der Waals surface area contributed by atoms with Gasteiger partial charge in [-0.3, -0.25) is 25.0 Å². The van der Waals surface area contributed by atoms with Crippen molar-refractivity contribution >= 4 is 23.3 Å². The second-order valence-corrected chi connectivity index (χ2v) is 6.05. The van der Waals surface area contributed by atoms with Gasteiger partial charge < -0.3 is 10.1 Å². The molecule has 10 heteroatoms. The van der Waals surface area contributed by atoms with Crippen LogP contribution in [0.2, 0.25) is 0 Å². The fraction of sp³-hybridized carbons (Fsp3) is 0.429. The summed E-state index contributed by atoms with van der Waals surface area (Å²) < 4.78 is 4.63. The van der Waals surface area contributed by atoms with Crippen molar-refractivity contribution in [3.05, 3.63) is 44.0 Å². The Kier molecular flexibility index (Phi) is 5.56. The molecule has 0 radical (unpaired) electrons. The van der Waals surface area contributed by atoms with E-state index in [-0.39, 0.29) is 5.56 Å². The summed E-state index contributed by atoms with van der Waals surface area (Å²) >= 11 is 0. The molecule has 0 spiro atoms. The number of esters is 1. The van der Waals surface area contributed by atoms with Crippen molar-refractivity contribution in [1.29, 1.82) is 0 Å². The third-order valence-corrected chi connectivity index (χ3v) is 3.16. The molecule has 0 bridgehead atoms. The van der Waals surface area contributed by atoms with Crippen LogP contribution in [0.4, 0.5) is 11.4 Å². The predicted octanol–water partition coefficient (Wildman–Crippen LogP) is 1.82. The number of carbonyl (C=O) groups is 2. The molecule has 0 fully saturated rings. The zero-order chi connectivity index (χ0) is 18.7. The van der Waals surface area contributed by atoms with E-state index in [1.165, 1.54) is 0 Å². The average Bonchev–Trinajstić information content (AvgIpc) is 2.49. The van der Waals surface area contributed by atoms with Gasteiger partial charge in [0.25, 0.3) is 17.3 Å². The first-order valence-corrected chi connectivity index (χ1v) is 6.80. The van der Waals surface area contributed by atoms with Crippen LogP contribution in [0.1, 0.15) is 31.1 Å². The lowest BCUT2D eigenvalue weighted by Crippen LogP contribution is -2.49. The van der Waals surface area contributed by atoms with E-state index in [1.807, 2.05) is 0 Å². The predicted molar refractivity (Wildman–Crippen MR) is 82.5 cm³/mol. The largest absolute Gasteiger partial charge is 0.467 e. The van der Waals surface area contributed by atoms with Crippen LogP contribution in [0.5, 0.6) is 0 Å². The molecule has 1 atom stereocenters. The highest BCUT2D eigenvalue weighted by molar-refractivity contribution is 5.98. The number of nitrogens with zero attached hydrogens (tertiary/aromatic N) is 2. The Balaban J connectivity index is 3.24. The van der Waals surface area contributed by atoms with Gasteiger partial charge in [-0.15, -0.1) is 0 Å². The molecule has 0 saturated heterocycles. The van der Waals surface area contributed by atoms with Gasteiger partial charge in [0.05, 0.1) is 28.6 Å². The maximum absolute atomic E-state index is 12.3. The summed E-state index contributed by atoms with van der Waals surface area (Å²) in [4.78, 5) is 44.2. The molecule has 1 aromatic carbocycles. The smallest absolute Gasteiger partial charge is 0.328 e. The van der Waals surface area contributed by atoms with Gasteiger partial charge in [0.1, 0.15) is 6.04 Å². The van der Waals surface area contributed by atoms with Gasteiger partial charge >= 0.3 is 5.97 Å². The zero-order valence-corrected chi connectivity index (χ0v) is 13.6. The minimum absolute atomic E-state index is 0.297. The van der Waals surface area contributed by atoms with Crippen LogP contribution in [-0.4, -0.2) is 34.9 Å². The Hall–Kier alpha value is -3.04. The number of benzene rings is 1. The number of methoxy groups -OCH3 is 1. The minimum Gasteiger partial charge on any atom is -0.467 e. The lowest BCUT2D eigenvalue weighted by atomic mass is 9.86. The van der Waals surface area contributed by atoms with Crippen LogP contribution in [0.25, 0.3) is 0 Å². The molecule has 1 N–H and O–H groups in total. The van der Waals surface area contributed by atoms with Gasteiger partial charge in [0.2, 0.25) is 0 Å². The second-order valence-electron chi connectivity index (χ2n) is 6.05. The topological polar surface area (TPSA) is 142 Å². The minimum atomic E-state index is -1.03. The van der Waals surface area contributed by atoms with E-state index in [0.29, 0.717) is 0 Å². The lowest BCUT2D eigenvalue weighted by molar-refractivity contribution is -0.394. The Morgan fingerprint density at radius 3 is 1.88 bits per heavy atom. The number of rotatable bonds is 5. The summed E-state index contributed by atoms with van der Waals surface area (Å²) in [6, 6.07) is 1.52. The number of nitrogens with one attached hydrogen (secondary N) is 1. The van der Waals surface area contributed by atoms with Crippen LogP contribution < -0.4 is 5.32 Å². The summed E-state index contributed by atoms with van der Waals surface area (Å²) in [7, 11) is 1.16. The van der Waals surface area contributed by atoms with Crippen molar-refractivity contribution < 1.29 is 24.2 Å². The number of nitro groups is 2. The van der Waals surface area contributed by atoms with Gasteiger partial charge in [0, 0.05) is 12.1 Å². The van der Waals surface area contributed by atoms with Crippen LogP contribution in [0.15, 0.2) is 18.2 Å². The first-order valence-electron chi connectivity index (χ1n) is 6.80. The molecule has 0 aliphatic heterocycles. The van der Waals surface area contributed by atoms with Crippen LogP contribution >= 0.6 is 0 Å². The summed E-state index contributed by atoms with van der Waals surface area (Å²) in [5.74, 6) is -1.55. The van der Waals surface area contributed by atoms with Gasteiger partial charge in [-0.05, 0) is 5.41 Å². The molecule has 10 nitrogen and oxygen atoms in total. The number of carbonyl (C=O) groups excluding carboxylic acids is 2. The SMILES string of the molecule is COC(=O)[C@@H](NC(=O)c1cc([N+](=O)[O-])cc([N+](=O)[O-])c1)C(C)(C)C. The van der Waals surface area contributed by atoms with Crippen molar-refractivity contribution in [1.82, 2.24) is 5.32 Å². The molecule has 0 aliphatic carbocycles. The molecule has 0 aliphatic rings. The van der Waals surface area contributed by atoms with E-state index in [1.54, 1.807) is 20.8 Å². The molecule has 24 heavy (non-hydrogen) atoms. The van der Waals surface area contributed by atoms with Gasteiger partial charge in [-0.25, -0.2) is 4.79 Å². The van der Waals surface area contributed by atoms with E-state index in [9.17, 15) is 29.8 Å². The van der Waals surface area contributed by atoms with E-state index in [4.69, 9.17) is 0 Å². The third-order valence-electron chi connectivity index (χ3n) is 3.16. The summed E-state index contributed by atoms with van der Waals surface area (Å²) in [5, 5.41) is 24.1. The van der Waals surface area contributed by atoms with Crippen molar-refractivity contribution in [2.24, 2.45) is 5.41 Å². The molecular weight excluding hydrogens is 322 g/mol. The highest BCUT2D eigenvalue weighted by Crippen LogP contribution is 2.24. The molecule has 0 heterocycles. The van der Waals surface area contributed by atoms with Crippen LogP contribution in [0.3, 0.4) is 0 Å². The monoisotopic (exact) mass is 339 g/mol. The molecule has 1 aromatic rings. The summed E-state index contributed by atoms with van der Waals surface area (Å²) in [6.07, 6.45) is 0. The maximum Gasteiger partial charge on any atom is 0.328 e. The fourth-order valence-electron chi connectivity index (χ4n) is 1.90. The standard InChI is InChI=1S/C14H17N3O7/c1-14(2,3)11(13(19)24-4)15-12(18)8-5-9(16(20)21)7-10(6-8)17(22)23/h5-7,11H,1-4H3,(H,15,18)/t11-/m1/s1. The lowest BCUT2D eigenvalue weighted by Gasteiger charge is -2.28. The molecule has 0 saturated carbocycles. The van der Waals surface area contributed by atoms with Crippen molar-refractivity contribution in [3.8, 4) is 0 Å². The molecule has 1 amide bonds. The Bertz CT molecular complexity index is 662. The molecule has 1 rings (SSSR count). The normalized spacial score (nSPS) is 12.2. The van der Waals surface area contributed by atoms with Crippen molar-refractivity contribution in [2.45, 2.75) is 26.8 Å². The van der Waals surface area contributed by atoms with E-state index >= 15 is 0 Å². The van der Waals surface area contributed by atoms with Crippen molar-refractivity contribution in [3.63, 3.8) is 0 Å². The summed E-state index contributed by atoms with van der Waals surface area (Å²) in [5.41, 5.74) is -2.19. The maximum atomic E-state index is 12.3. The highest BCUT2D eigenvalue weighted by atomic mass is 16.6. The van der Waals surface area contributed by atoms with Crippen molar-refractivity contribution in [2.75, 3.05) is 7.11 Å². The first kappa shape index (κ1) is 19.0. The fourth-order valence-corrected chi connectivity index (χ4v) is 1.90. The zero-order valence-electron chi connectivity index (χ0n) is 13.6. The van der Waals surface area contributed by atoms with E-state index in [0.717, 1.165) is 25.3 Å². The third kappa shape index (κ3) is 4.48. The molecule has 0 unspecified atom stereocenters. The van der Waals surface area contributed by atoms with Crippen LogP contribution in [-0.2, 0) is 9.53 Å². The van der Waals surface area contributed by atoms with E-state index < -0.39 is 44.6 Å². The second kappa shape index (κ2) is 7.02. The number of non-ortho nitro benzene ring substituents is 2. The average molecular weight is 339 g/mol. The van der Waals surface area contributed by atoms with Crippen LogP contribution in [0, 0.1) is 25.6 Å². The van der Waals surface area contributed by atoms with Gasteiger partial charge in [0.15, 0.2) is 0 Å². The highest BCUT2D eigenvalue weighted by Gasteiger charge is 2.34. The molecule has 130 valence electrons. The van der Waals surface area contributed by atoms with Gasteiger partial charge in [-0.2, -0.15) is 0 Å². The number of hydrogen-bond acceptors (Lipinski definition) is 7. The Labute approximate surface area is 137 Å². The Morgan fingerprint density at radius 1 is 1.08 bits per heavy atom. The number of nitro benzene ring substituents is 2. The van der Waals surface area contributed by atoms with E-state index in [2.05, 4.69) is 10.1 Å². The van der Waals surface area contributed by atoms with Gasteiger partial charge in [-0.1, -0.05) is 20.8 Å². The Morgan fingerprint density at radius 2 is 1.54 bits per heavy atom. The molecule has 0 aromatic heterocycles. The quantitative estimate of drug-likeness (QED) is 0.489. The molecular formula is C14H17N3O7. The number of hydrogen-bond donors (Lipinski definition) is 1. The number of ether oxygens (including phenoxy) is 1. The first-order chi connectivity index (χ1) is 11.0.